The van der Waals surface area contributed by atoms with Crippen LogP contribution in [0.3, 0.4) is 0 Å². The second-order valence-corrected chi connectivity index (χ2v) is 5.38. The van der Waals surface area contributed by atoms with Gasteiger partial charge in [0.25, 0.3) is 11.6 Å². The quantitative estimate of drug-likeness (QED) is 0.440. The van der Waals surface area contributed by atoms with Crippen molar-refractivity contribution in [1.82, 2.24) is 5.32 Å². The maximum atomic E-state index is 11.9. The summed E-state index contributed by atoms with van der Waals surface area (Å²) in [4.78, 5) is 33.7. The van der Waals surface area contributed by atoms with Gasteiger partial charge in [-0.1, -0.05) is 30.3 Å². The molecule has 1 N–H and O–H groups in total. The normalized spacial score (nSPS) is 11.3. The van der Waals surface area contributed by atoms with Crippen LogP contribution in [0, 0.1) is 10.1 Å². The van der Waals surface area contributed by atoms with Crippen LogP contribution in [0.15, 0.2) is 54.6 Å². The molecule has 0 saturated carbocycles. The van der Waals surface area contributed by atoms with Crippen molar-refractivity contribution in [2.24, 2.45) is 0 Å². The molecule has 0 aliphatic rings. The first-order valence-corrected chi connectivity index (χ1v) is 7.84. The zero-order valence-corrected chi connectivity index (χ0v) is 14.1. The number of rotatable bonds is 8. The highest BCUT2D eigenvalue weighted by Crippen LogP contribution is 2.17. The third-order valence-electron chi connectivity index (χ3n) is 3.39. The Kier molecular flexibility index (Phi) is 6.67. The fourth-order valence-corrected chi connectivity index (χ4v) is 2.02. The standard InChI is InChI=1S/C18H18N2O6/c1-13(18(22)19-11-14-5-3-2-4-6-14)26-17(21)12-25-16-9-7-15(8-10-16)20(23)24/h2-10,13H,11-12H2,1H3,(H,19,22)/t13-/m0/s1. The molecule has 136 valence electrons. The van der Waals surface area contributed by atoms with Crippen molar-refractivity contribution >= 4 is 17.6 Å². The van der Waals surface area contributed by atoms with Gasteiger partial charge in [0.1, 0.15) is 5.75 Å². The fraction of sp³-hybridized carbons (Fsp3) is 0.222. The highest BCUT2D eigenvalue weighted by atomic mass is 16.6. The van der Waals surface area contributed by atoms with E-state index in [1.165, 1.54) is 31.2 Å². The summed E-state index contributed by atoms with van der Waals surface area (Å²) in [5.74, 6) is -0.850. The average Bonchev–Trinajstić information content (AvgIpc) is 2.65. The minimum Gasteiger partial charge on any atom is -0.482 e. The van der Waals surface area contributed by atoms with Gasteiger partial charge in [0.15, 0.2) is 12.7 Å². The lowest BCUT2D eigenvalue weighted by Crippen LogP contribution is -2.36. The van der Waals surface area contributed by atoms with Crippen LogP contribution in [0.1, 0.15) is 12.5 Å². The number of amides is 1. The Balaban J connectivity index is 1.73. The Morgan fingerprint density at radius 3 is 2.38 bits per heavy atom. The Morgan fingerprint density at radius 2 is 1.77 bits per heavy atom. The first kappa shape index (κ1) is 18.9. The zero-order chi connectivity index (χ0) is 18.9. The van der Waals surface area contributed by atoms with Crippen molar-refractivity contribution in [2.45, 2.75) is 19.6 Å². The van der Waals surface area contributed by atoms with Crippen LogP contribution < -0.4 is 10.1 Å². The molecule has 0 aliphatic carbocycles. The Morgan fingerprint density at radius 1 is 1.12 bits per heavy atom. The van der Waals surface area contributed by atoms with E-state index in [1.54, 1.807) is 0 Å². The molecule has 2 aromatic rings. The summed E-state index contributed by atoms with van der Waals surface area (Å²) >= 11 is 0. The summed E-state index contributed by atoms with van der Waals surface area (Å²) in [6.45, 7) is 1.39. The maximum absolute atomic E-state index is 11.9. The molecule has 1 atom stereocenters. The van der Waals surface area contributed by atoms with E-state index >= 15 is 0 Å². The maximum Gasteiger partial charge on any atom is 0.344 e. The number of non-ortho nitro benzene ring substituents is 1. The van der Waals surface area contributed by atoms with Crippen LogP contribution in [0.2, 0.25) is 0 Å². The van der Waals surface area contributed by atoms with Crippen molar-refractivity contribution < 1.29 is 24.0 Å². The third kappa shape index (κ3) is 5.90. The van der Waals surface area contributed by atoms with Gasteiger partial charge < -0.3 is 14.8 Å². The largest absolute Gasteiger partial charge is 0.482 e. The molecule has 8 heteroatoms. The van der Waals surface area contributed by atoms with Crippen LogP contribution in [-0.2, 0) is 20.9 Å². The van der Waals surface area contributed by atoms with E-state index < -0.39 is 29.5 Å². The van der Waals surface area contributed by atoms with Crippen LogP contribution >= 0.6 is 0 Å². The number of esters is 1. The van der Waals surface area contributed by atoms with Gasteiger partial charge >= 0.3 is 5.97 Å². The summed E-state index contributed by atoms with van der Waals surface area (Å²) in [6, 6.07) is 14.6. The van der Waals surface area contributed by atoms with Crippen molar-refractivity contribution in [2.75, 3.05) is 6.61 Å². The van der Waals surface area contributed by atoms with E-state index in [4.69, 9.17) is 9.47 Å². The molecule has 1 amide bonds. The number of nitro groups is 1. The number of nitrogens with zero attached hydrogens (tertiary/aromatic N) is 1. The third-order valence-corrected chi connectivity index (χ3v) is 3.39. The van der Waals surface area contributed by atoms with Gasteiger partial charge in [-0.05, 0) is 24.6 Å². The van der Waals surface area contributed by atoms with Crippen LogP contribution in [0.25, 0.3) is 0 Å². The van der Waals surface area contributed by atoms with E-state index in [0.717, 1.165) is 5.56 Å². The summed E-state index contributed by atoms with van der Waals surface area (Å²) in [6.07, 6.45) is -0.966. The van der Waals surface area contributed by atoms with Gasteiger partial charge in [-0.2, -0.15) is 0 Å². The number of ether oxygens (including phenoxy) is 2. The lowest BCUT2D eigenvalue weighted by Gasteiger charge is -2.14. The van der Waals surface area contributed by atoms with Crippen molar-refractivity contribution in [1.29, 1.82) is 0 Å². The lowest BCUT2D eigenvalue weighted by atomic mass is 10.2. The summed E-state index contributed by atoms with van der Waals surface area (Å²) in [7, 11) is 0. The Labute approximate surface area is 149 Å². The molecule has 0 radical (unpaired) electrons. The smallest absolute Gasteiger partial charge is 0.344 e. The molecule has 2 rings (SSSR count). The Hall–Kier alpha value is -3.42. The summed E-state index contributed by atoms with van der Waals surface area (Å²) < 4.78 is 10.2. The first-order valence-electron chi connectivity index (χ1n) is 7.84. The van der Waals surface area contributed by atoms with E-state index in [9.17, 15) is 19.7 Å². The number of hydrogen-bond acceptors (Lipinski definition) is 6. The highest BCUT2D eigenvalue weighted by molar-refractivity contribution is 5.83. The van der Waals surface area contributed by atoms with Crippen molar-refractivity contribution in [3.05, 3.63) is 70.3 Å². The monoisotopic (exact) mass is 358 g/mol. The average molecular weight is 358 g/mol. The highest BCUT2D eigenvalue weighted by Gasteiger charge is 2.18. The molecule has 0 aromatic heterocycles. The van der Waals surface area contributed by atoms with Gasteiger partial charge in [-0.25, -0.2) is 4.79 Å². The van der Waals surface area contributed by atoms with Gasteiger partial charge in [0, 0.05) is 18.7 Å². The minimum atomic E-state index is -0.966. The second kappa shape index (κ2) is 9.16. The molecule has 0 bridgehead atoms. The summed E-state index contributed by atoms with van der Waals surface area (Å²) in [5.41, 5.74) is 0.851. The number of carbonyl (C=O) groups excluding carboxylic acids is 2. The second-order valence-electron chi connectivity index (χ2n) is 5.38. The lowest BCUT2D eigenvalue weighted by molar-refractivity contribution is -0.384. The van der Waals surface area contributed by atoms with E-state index in [-0.39, 0.29) is 11.4 Å². The van der Waals surface area contributed by atoms with E-state index in [2.05, 4.69) is 5.32 Å². The fourth-order valence-electron chi connectivity index (χ4n) is 2.02. The number of carbonyl (C=O) groups is 2. The number of benzene rings is 2. The van der Waals surface area contributed by atoms with Gasteiger partial charge in [0.05, 0.1) is 4.92 Å². The molecule has 8 nitrogen and oxygen atoms in total. The SMILES string of the molecule is C[C@H](OC(=O)COc1ccc([N+](=O)[O-])cc1)C(=O)NCc1ccccc1. The number of nitro benzene ring substituents is 1. The van der Waals surface area contributed by atoms with Crippen molar-refractivity contribution in [3.63, 3.8) is 0 Å². The molecule has 0 unspecified atom stereocenters. The molecule has 0 heterocycles. The van der Waals surface area contributed by atoms with Gasteiger partial charge in [-0.3, -0.25) is 14.9 Å². The van der Waals surface area contributed by atoms with E-state index in [1.807, 2.05) is 30.3 Å². The van der Waals surface area contributed by atoms with Crippen LogP contribution in [-0.4, -0.2) is 29.5 Å². The molecule has 0 aliphatic heterocycles. The molecule has 26 heavy (non-hydrogen) atoms. The predicted octanol–water partition coefficient (Wildman–Crippen LogP) is 2.22. The summed E-state index contributed by atoms with van der Waals surface area (Å²) in [5, 5.41) is 13.2. The molecule has 0 fully saturated rings. The predicted molar refractivity (Wildman–Crippen MR) is 92.4 cm³/mol. The molecule has 0 spiro atoms. The van der Waals surface area contributed by atoms with Crippen LogP contribution in [0.4, 0.5) is 5.69 Å². The Bertz CT molecular complexity index is 761. The molecule has 2 aromatic carbocycles. The minimum absolute atomic E-state index is 0.0800. The van der Waals surface area contributed by atoms with Crippen molar-refractivity contribution in [3.8, 4) is 5.75 Å². The van der Waals surface area contributed by atoms with Gasteiger partial charge in [0.2, 0.25) is 0 Å². The molecule has 0 saturated heterocycles. The van der Waals surface area contributed by atoms with Gasteiger partial charge in [-0.15, -0.1) is 0 Å². The number of hydrogen-bond donors (Lipinski definition) is 1. The zero-order valence-electron chi connectivity index (χ0n) is 14.1. The topological polar surface area (TPSA) is 108 Å². The number of nitrogens with one attached hydrogen (secondary N) is 1. The molecular formula is C18H18N2O6. The first-order chi connectivity index (χ1) is 12.5. The molecular weight excluding hydrogens is 340 g/mol. The van der Waals surface area contributed by atoms with E-state index in [0.29, 0.717) is 6.54 Å². The van der Waals surface area contributed by atoms with Crippen LogP contribution in [0.5, 0.6) is 5.75 Å².